The maximum absolute atomic E-state index is 10.3. The summed E-state index contributed by atoms with van der Waals surface area (Å²) in [6.45, 7) is 6.76. The Morgan fingerprint density at radius 2 is 0.444 bits per heavy atom. The molecule has 0 heterocycles. The molecule has 3 N–H and O–H groups in total. The average Bonchev–Trinajstić information content (AvgIpc) is 3.14. The van der Waals surface area contributed by atoms with Gasteiger partial charge < -0.3 is 15.3 Å². The summed E-state index contributed by atoms with van der Waals surface area (Å²) in [6.07, 6.45) is 52.9. The largest absolute Gasteiger partial charge is 0.481 e. The molecule has 0 aromatic carbocycles. The molecule has 0 amide bonds. The normalized spacial score (nSPS) is 10.9. The van der Waals surface area contributed by atoms with Crippen molar-refractivity contribution in [3.63, 3.8) is 0 Å². The summed E-state index contributed by atoms with van der Waals surface area (Å²) in [4.78, 5) is 30.9. The van der Waals surface area contributed by atoms with E-state index >= 15 is 0 Å². The number of aliphatic carboxylic acids is 3. The van der Waals surface area contributed by atoms with Gasteiger partial charge in [-0.3, -0.25) is 14.4 Å². The Morgan fingerprint density at radius 3 is 0.630 bits per heavy atom. The molecule has 0 saturated carbocycles. The fourth-order valence-corrected chi connectivity index (χ4v) is 6.58. The third-order valence-corrected chi connectivity index (χ3v) is 10.1. The van der Waals surface area contributed by atoms with E-state index in [2.05, 4.69) is 32.9 Å². The molecule has 0 fully saturated rings. The molecule has 6 heteroatoms. The van der Waals surface area contributed by atoms with Crippen LogP contribution in [0.25, 0.3) is 0 Å². The highest BCUT2D eigenvalue weighted by molar-refractivity contribution is 5.67. The van der Waals surface area contributed by atoms with Gasteiger partial charge in [0, 0.05) is 19.3 Å². The molecule has 0 aliphatic heterocycles. The summed E-state index contributed by atoms with van der Waals surface area (Å²) < 4.78 is 0. The number of carbonyl (C=O) groups is 3. The first-order valence-electron chi connectivity index (χ1n) is 23.6. The van der Waals surface area contributed by atoms with Crippen molar-refractivity contribution >= 4 is 17.9 Å². The third kappa shape index (κ3) is 65.1. The molecule has 6 nitrogen and oxygen atoms in total. The Bertz CT molecular complexity index is 764. The van der Waals surface area contributed by atoms with E-state index in [1.165, 1.54) is 199 Å². The molecule has 0 atom stereocenters. The lowest BCUT2D eigenvalue weighted by Gasteiger charge is -2.03. The van der Waals surface area contributed by atoms with Gasteiger partial charge in [-0.05, 0) is 44.9 Å². The number of allylic oxidation sites excluding steroid dienone is 2. The first kappa shape index (κ1) is 56.5. The highest BCUT2D eigenvalue weighted by atomic mass is 16.4. The summed E-state index contributed by atoms with van der Waals surface area (Å²) in [5.74, 6) is -1.98. The van der Waals surface area contributed by atoms with Crippen LogP contribution in [0.4, 0.5) is 0 Å². The van der Waals surface area contributed by atoms with E-state index in [-0.39, 0.29) is 0 Å². The summed E-state index contributed by atoms with van der Waals surface area (Å²) in [6, 6.07) is 0. The highest BCUT2D eigenvalue weighted by Gasteiger charge is 1.99. The SMILES string of the molecule is CCCCCCCC/C=C\CCCCCCCC(=O)O.CCCCCCCCCCCC(=O)O.CCCCCCCCCCCCCCCCCC(=O)O. The Balaban J connectivity index is -0.000000736. The smallest absolute Gasteiger partial charge is 0.303 e. The summed E-state index contributed by atoms with van der Waals surface area (Å²) in [5, 5.41) is 25.4. The molecule has 0 unspecified atom stereocenters. The second-order valence-electron chi connectivity index (χ2n) is 15.8. The van der Waals surface area contributed by atoms with Crippen molar-refractivity contribution in [2.45, 2.75) is 278 Å². The van der Waals surface area contributed by atoms with Crippen LogP contribution < -0.4 is 0 Å². The van der Waals surface area contributed by atoms with Crippen LogP contribution in [-0.4, -0.2) is 33.2 Å². The quantitative estimate of drug-likeness (QED) is 0.0422. The monoisotopic (exact) mass is 767 g/mol. The number of carboxylic acids is 3. The van der Waals surface area contributed by atoms with Crippen molar-refractivity contribution < 1.29 is 29.7 Å². The van der Waals surface area contributed by atoms with E-state index in [1.54, 1.807) is 0 Å². The van der Waals surface area contributed by atoms with E-state index in [4.69, 9.17) is 15.3 Å². The lowest BCUT2D eigenvalue weighted by atomic mass is 10.0. The molecule has 322 valence electrons. The van der Waals surface area contributed by atoms with Crippen molar-refractivity contribution in [2.75, 3.05) is 0 Å². The van der Waals surface area contributed by atoms with Crippen LogP contribution >= 0.6 is 0 Å². The number of hydrogen-bond acceptors (Lipinski definition) is 3. The molecule has 0 spiro atoms. The van der Waals surface area contributed by atoms with E-state index in [9.17, 15) is 14.4 Å². The van der Waals surface area contributed by atoms with Crippen LogP contribution in [0.15, 0.2) is 12.2 Å². The van der Waals surface area contributed by atoms with E-state index < -0.39 is 17.9 Å². The predicted molar refractivity (Wildman–Crippen MR) is 234 cm³/mol. The second-order valence-corrected chi connectivity index (χ2v) is 15.8. The minimum atomic E-state index is -0.664. The molecule has 0 aliphatic rings. The maximum atomic E-state index is 10.3. The van der Waals surface area contributed by atoms with Crippen molar-refractivity contribution in [2.24, 2.45) is 0 Å². The van der Waals surface area contributed by atoms with E-state index in [0.717, 1.165) is 38.5 Å². The molecule has 0 aromatic heterocycles. The van der Waals surface area contributed by atoms with Gasteiger partial charge in [-0.25, -0.2) is 0 Å². The van der Waals surface area contributed by atoms with Crippen LogP contribution in [0, 0.1) is 0 Å². The molecule has 0 rings (SSSR count). The predicted octanol–water partition coefficient (Wildman–Crippen LogP) is 16.4. The van der Waals surface area contributed by atoms with Crippen LogP contribution in [0.2, 0.25) is 0 Å². The molecule has 0 aliphatic carbocycles. The minimum absolute atomic E-state index is 0.332. The number of hydrogen-bond donors (Lipinski definition) is 3. The maximum Gasteiger partial charge on any atom is 0.303 e. The second kappa shape index (κ2) is 53.3. The van der Waals surface area contributed by atoms with Gasteiger partial charge >= 0.3 is 17.9 Å². The lowest BCUT2D eigenvalue weighted by molar-refractivity contribution is -0.138. The molecule has 0 radical (unpaired) electrons. The van der Waals surface area contributed by atoms with Crippen molar-refractivity contribution in [3.05, 3.63) is 12.2 Å². The topological polar surface area (TPSA) is 112 Å². The van der Waals surface area contributed by atoms with Crippen molar-refractivity contribution in [1.29, 1.82) is 0 Å². The average molecular weight is 767 g/mol. The molecular formula is C48H94O6. The summed E-state index contributed by atoms with van der Waals surface area (Å²) in [5.41, 5.74) is 0. The van der Waals surface area contributed by atoms with Gasteiger partial charge in [0.1, 0.15) is 0 Å². The zero-order valence-electron chi connectivity index (χ0n) is 36.5. The van der Waals surface area contributed by atoms with Crippen LogP contribution in [0.3, 0.4) is 0 Å². The molecular weight excluding hydrogens is 673 g/mol. The Kier molecular flexibility index (Phi) is 55.7. The van der Waals surface area contributed by atoms with E-state index in [1.807, 2.05) is 0 Å². The standard InChI is InChI=1S/C18H36O2.C18H34O2.C12H24O2/c2*1-2-3-4-5-6-7-8-9-10-11-12-13-14-15-16-17-18(19)20;1-2-3-4-5-6-7-8-9-10-11-12(13)14/h2-17H2,1H3,(H,19,20);9-10H,2-8,11-17H2,1H3,(H,19,20);2-11H2,1H3,(H,13,14)/b;10-9-;. The molecule has 0 saturated heterocycles. The van der Waals surface area contributed by atoms with Crippen molar-refractivity contribution in [3.8, 4) is 0 Å². The summed E-state index contributed by atoms with van der Waals surface area (Å²) >= 11 is 0. The Hall–Kier alpha value is -1.85. The fourth-order valence-electron chi connectivity index (χ4n) is 6.58. The molecule has 54 heavy (non-hydrogen) atoms. The Labute approximate surface area is 336 Å². The Morgan fingerprint density at radius 1 is 0.278 bits per heavy atom. The van der Waals surface area contributed by atoms with E-state index in [0.29, 0.717) is 19.3 Å². The summed E-state index contributed by atoms with van der Waals surface area (Å²) in [7, 11) is 0. The first-order valence-corrected chi connectivity index (χ1v) is 23.6. The van der Waals surface area contributed by atoms with Crippen molar-refractivity contribution in [1.82, 2.24) is 0 Å². The van der Waals surface area contributed by atoms with Crippen LogP contribution in [0.5, 0.6) is 0 Å². The van der Waals surface area contributed by atoms with Gasteiger partial charge in [0.15, 0.2) is 0 Å². The fraction of sp³-hybridized carbons (Fsp3) is 0.896. The van der Waals surface area contributed by atoms with Crippen LogP contribution in [0.1, 0.15) is 278 Å². The first-order chi connectivity index (χ1) is 26.3. The lowest BCUT2D eigenvalue weighted by Crippen LogP contribution is -1.93. The number of unbranched alkanes of at least 4 members (excludes halogenated alkanes) is 33. The highest BCUT2D eigenvalue weighted by Crippen LogP contribution is 2.14. The van der Waals surface area contributed by atoms with Gasteiger partial charge in [0.25, 0.3) is 0 Å². The zero-order valence-corrected chi connectivity index (χ0v) is 36.5. The van der Waals surface area contributed by atoms with Gasteiger partial charge in [-0.15, -0.1) is 0 Å². The zero-order chi connectivity index (χ0) is 40.4. The van der Waals surface area contributed by atoms with Gasteiger partial charge in [-0.1, -0.05) is 226 Å². The van der Waals surface area contributed by atoms with Gasteiger partial charge in [-0.2, -0.15) is 0 Å². The molecule has 0 aromatic rings. The van der Waals surface area contributed by atoms with Gasteiger partial charge in [0.2, 0.25) is 0 Å². The third-order valence-electron chi connectivity index (χ3n) is 10.1. The van der Waals surface area contributed by atoms with Crippen LogP contribution in [-0.2, 0) is 14.4 Å². The van der Waals surface area contributed by atoms with Gasteiger partial charge in [0.05, 0.1) is 0 Å². The number of rotatable bonds is 41. The molecule has 0 bridgehead atoms. The number of carboxylic acid groups (broad SMARTS) is 3. The minimum Gasteiger partial charge on any atom is -0.481 e.